The van der Waals surface area contributed by atoms with E-state index in [0.717, 1.165) is 6.42 Å². The van der Waals surface area contributed by atoms with E-state index < -0.39 is 6.10 Å². The molecule has 2 atom stereocenters. The normalized spacial score (nSPS) is 19.1. The first-order valence-corrected chi connectivity index (χ1v) is 6.09. The first-order valence-electron chi connectivity index (χ1n) is 6.09. The van der Waals surface area contributed by atoms with Crippen LogP contribution in [0.25, 0.3) is 0 Å². The zero-order valence-corrected chi connectivity index (χ0v) is 9.91. The molecule has 0 saturated carbocycles. The number of fused-ring (bicyclic) bond motifs is 1. The summed E-state index contributed by atoms with van der Waals surface area (Å²) >= 11 is 0. The fourth-order valence-electron chi connectivity index (χ4n) is 2.29. The third-order valence-corrected chi connectivity index (χ3v) is 3.35. The summed E-state index contributed by atoms with van der Waals surface area (Å²) in [5, 5.41) is 13.7. The molecular weight excluding hydrogens is 230 g/mol. The first-order chi connectivity index (χ1) is 8.79. The van der Waals surface area contributed by atoms with Gasteiger partial charge in [-0.1, -0.05) is 29.4 Å². The van der Waals surface area contributed by atoms with E-state index in [1.165, 1.54) is 11.1 Å². The van der Waals surface area contributed by atoms with Gasteiger partial charge in [0.1, 0.15) is 6.10 Å². The Labute approximate surface area is 105 Å². The first kappa shape index (κ1) is 11.4. The summed E-state index contributed by atoms with van der Waals surface area (Å²) in [5.41, 5.74) is 7.96. The molecule has 5 nitrogen and oxygen atoms in total. The van der Waals surface area contributed by atoms with Gasteiger partial charge in [-0.2, -0.15) is 4.98 Å². The lowest BCUT2D eigenvalue weighted by molar-refractivity contribution is 0.127. The van der Waals surface area contributed by atoms with Crippen molar-refractivity contribution in [1.29, 1.82) is 0 Å². The standard InChI is InChI=1S/C13H15N3O2/c14-6-5-11(17)13-15-12(16-18-13)10-7-8-3-1-2-4-9(8)10/h1-4,10-11,17H,5-7,14H2/t10?,11-/m0/s1. The molecule has 3 rings (SSSR count). The second-order valence-electron chi connectivity index (χ2n) is 4.54. The molecule has 0 saturated heterocycles. The average Bonchev–Trinajstić information content (AvgIpc) is 2.80. The largest absolute Gasteiger partial charge is 0.383 e. The molecule has 1 aliphatic rings. The van der Waals surface area contributed by atoms with Crippen LogP contribution >= 0.6 is 0 Å². The molecule has 94 valence electrons. The highest BCUT2D eigenvalue weighted by Gasteiger charge is 2.31. The molecule has 0 radical (unpaired) electrons. The lowest BCUT2D eigenvalue weighted by Crippen LogP contribution is -2.19. The number of benzene rings is 1. The fraction of sp³-hybridized carbons (Fsp3) is 0.385. The Morgan fingerprint density at radius 1 is 1.44 bits per heavy atom. The SMILES string of the molecule is NCC[C@H](O)c1nc(C2Cc3ccccc32)no1. The maximum atomic E-state index is 9.73. The molecule has 1 heterocycles. The molecule has 2 aromatic rings. The Morgan fingerprint density at radius 2 is 2.28 bits per heavy atom. The van der Waals surface area contributed by atoms with Gasteiger partial charge in [-0.05, 0) is 30.5 Å². The van der Waals surface area contributed by atoms with Crippen molar-refractivity contribution in [1.82, 2.24) is 10.1 Å². The third kappa shape index (κ3) is 1.81. The van der Waals surface area contributed by atoms with Crippen LogP contribution in [0.5, 0.6) is 0 Å². The number of nitrogens with two attached hydrogens (primary N) is 1. The van der Waals surface area contributed by atoms with Crippen LogP contribution < -0.4 is 5.73 Å². The van der Waals surface area contributed by atoms with E-state index in [1.807, 2.05) is 12.1 Å². The minimum Gasteiger partial charge on any atom is -0.383 e. The monoisotopic (exact) mass is 245 g/mol. The van der Waals surface area contributed by atoms with Crippen LogP contribution in [0.3, 0.4) is 0 Å². The van der Waals surface area contributed by atoms with Crippen LogP contribution in [0.2, 0.25) is 0 Å². The lowest BCUT2D eigenvalue weighted by atomic mass is 9.77. The molecular formula is C13H15N3O2. The molecule has 1 aromatic heterocycles. The third-order valence-electron chi connectivity index (χ3n) is 3.35. The van der Waals surface area contributed by atoms with E-state index in [0.29, 0.717) is 18.8 Å². The zero-order chi connectivity index (χ0) is 12.5. The van der Waals surface area contributed by atoms with Crippen molar-refractivity contribution in [2.45, 2.75) is 24.9 Å². The number of nitrogens with zero attached hydrogens (tertiary/aromatic N) is 2. The molecule has 1 aromatic carbocycles. The van der Waals surface area contributed by atoms with Crippen molar-refractivity contribution in [2.75, 3.05) is 6.54 Å². The van der Waals surface area contributed by atoms with Gasteiger partial charge in [0.25, 0.3) is 5.89 Å². The highest BCUT2D eigenvalue weighted by molar-refractivity contribution is 5.43. The molecule has 5 heteroatoms. The van der Waals surface area contributed by atoms with Crippen LogP contribution in [0, 0.1) is 0 Å². The van der Waals surface area contributed by atoms with Crippen molar-refractivity contribution in [2.24, 2.45) is 5.73 Å². The topological polar surface area (TPSA) is 85.2 Å². The molecule has 1 unspecified atom stereocenters. The van der Waals surface area contributed by atoms with Crippen LogP contribution in [-0.4, -0.2) is 21.8 Å². The predicted octanol–water partition coefficient (Wildman–Crippen LogP) is 1.14. The Hall–Kier alpha value is -1.72. The van der Waals surface area contributed by atoms with Crippen molar-refractivity contribution in [3.05, 3.63) is 47.1 Å². The van der Waals surface area contributed by atoms with Crippen molar-refractivity contribution in [3.8, 4) is 0 Å². The quantitative estimate of drug-likeness (QED) is 0.843. The smallest absolute Gasteiger partial charge is 0.255 e. The molecule has 0 fully saturated rings. The number of hydrogen-bond donors (Lipinski definition) is 2. The molecule has 0 spiro atoms. The number of rotatable bonds is 4. The van der Waals surface area contributed by atoms with Crippen LogP contribution in [0.4, 0.5) is 0 Å². The molecule has 3 N–H and O–H groups in total. The van der Waals surface area contributed by atoms with Gasteiger partial charge >= 0.3 is 0 Å². The van der Waals surface area contributed by atoms with Crippen LogP contribution in [0.15, 0.2) is 28.8 Å². The van der Waals surface area contributed by atoms with Gasteiger partial charge in [0, 0.05) is 0 Å². The van der Waals surface area contributed by atoms with Gasteiger partial charge in [-0.15, -0.1) is 0 Å². The van der Waals surface area contributed by atoms with Crippen LogP contribution in [-0.2, 0) is 6.42 Å². The summed E-state index contributed by atoms with van der Waals surface area (Å²) < 4.78 is 5.08. The van der Waals surface area contributed by atoms with Gasteiger partial charge < -0.3 is 15.4 Å². The second kappa shape index (κ2) is 4.51. The maximum absolute atomic E-state index is 9.73. The maximum Gasteiger partial charge on any atom is 0.255 e. The Morgan fingerprint density at radius 3 is 3.06 bits per heavy atom. The van der Waals surface area contributed by atoms with E-state index in [2.05, 4.69) is 22.3 Å². The van der Waals surface area contributed by atoms with Gasteiger partial charge in [0.05, 0.1) is 5.92 Å². The second-order valence-corrected chi connectivity index (χ2v) is 4.54. The molecule has 0 bridgehead atoms. The summed E-state index contributed by atoms with van der Waals surface area (Å²) in [4.78, 5) is 4.27. The number of aliphatic hydroxyl groups is 1. The van der Waals surface area contributed by atoms with Crippen LogP contribution in [0.1, 0.15) is 41.3 Å². The average molecular weight is 245 g/mol. The summed E-state index contributed by atoms with van der Waals surface area (Å²) in [6, 6.07) is 8.23. The summed E-state index contributed by atoms with van der Waals surface area (Å²) in [7, 11) is 0. The molecule has 0 amide bonds. The van der Waals surface area contributed by atoms with E-state index in [4.69, 9.17) is 10.3 Å². The molecule has 1 aliphatic carbocycles. The number of aromatic nitrogens is 2. The summed E-state index contributed by atoms with van der Waals surface area (Å²) in [6.45, 7) is 0.394. The highest BCUT2D eigenvalue weighted by Crippen LogP contribution is 2.38. The predicted molar refractivity (Wildman–Crippen MR) is 64.9 cm³/mol. The van der Waals surface area contributed by atoms with Gasteiger partial charge in [0.15, 0.2) is 5.82 Å². The van der Waals surface area contributed by atoms with Crippen molar-refractivity contribution in [3.63, 3.8) is 0 Å². The highest BCUT2D eigenvalue weighted by atomic mass is 16.5. The number of aliphatic hydroxyl groups excluding tert-OH is 1. The molecule has 0 aliphatic heterocycles. The minimum absolute atomic E-state index is 0.198. The van der Waals surface area contributed by atoms with Gasteiger partial charge in [0.2, 0.25) is 0 Å². The zero-order valence-electron chi connectivity index (χ0n) is 9.91. The summed E-state index contributed by atoms with van der Waals surface area (Å²) in [6.07, 6.45) is 0.608. The van der Waals surface area contributed by atoms with E-state index in [9.17, 15) is 5.11 Å². The molecule has 18 heavy (non-hydrogen) atoms. The minimum atomic E-state index is -0.758. The van der Waals surface area contributed by atoms with Gasteiger partial charge in [-0.3, -0.25) is 0 Å². The van der Waals surface area contributed by atoms with Gasteiger partial charge in [-0.25, -0.2) is 0 Å². The van der Waals surface area contributed by atoms with E-state index >= 15 is 0 Å². The van der Waals surface area contributed by atoms with E-state index in [-0.39, 0.29) is 11.8 Å². The Bertz CT molecular complexity index is 553. The van der Waals surface area contributed by atoms with Crippen molar-refractivity contribution < 1.29 is 9.63 Å². The Kier molecular flexibility index (Phi) is 2.85. The van der Waals surface area contributed by atoms with E-state index in [1.54, 1.807) is 0 Å². The lowest BCUT2D eigenvalue weighted by Gasteiger charge is -2.27. The fourth-order valence-corrected chi connectivity index (χ4v) is 2.29. The van der Waals surface area contributed by atoms with Crippen molar-refractivity contribution >= 4 is 0 Å². The Balaban J connectivity index is 1.80. The number of hydrogen-bond acceptors (Lipinski definition) is 5. The summed E-state index contributed by atoms with van der Waals surface area (Å²) in [5.74, 6) is 1.11.